The van der Waals surface area contributed by atoms with Crippen molar-refractivity contribution in [3.8, 4) is 0 Å². The number of hydrogen-bond acceptors (Lipinski definition) is 4. The number of nitrogens with zero attached hydrogens (tertiary/aromatic N) is 5. The summed E-state index contributed by atoms with van der Waals surface area (Å²) >= 11 is 0. The Morgan fingerprint density at radius 1 is 1.00 bits per heavy atom. The van der Waals surface area contributed by atoms with E-state index in [1.165, 1.54) is 6.07 Å². The van der Waals surface area contributed by atoms with Gasteiger partial charge in [-0.05, 0) is 50.5 Å². The molecule has 32 heavy (non-hydrogen) atoms. The largest absolute Gasteiger partial charge is 0.335 e. The predicted molar refractivity (Wildman–Crippen MR) is 118 cm³/mol. The quantitative estimate of drug-likeness (QED) is 0.634. The molecule has 1 aromatic carbocycles. The fourth-order valence-corrected chi connectivity index (χ4v) is 4.41. The van der Waals surface area contributed by atoms with Crippen molar-refractivity contribution in [2.45, 2.75) is 32.6 Å². The Morgan fingerprint density at radius 2 is 1.66 bits per heavy atom. The molecule has 2 fully saturated rings. The van der Waals surface area contributed by atoms with Gasteiger partial charge in [0.25, 0.3) is 11.8 Å². The van der Waals surface area contributed by atoms with Crippen LogP contribution >= 0.6 is 0 Å². The molecule has 0 atom stereocenters. The fraction of sp³-hybridized carbons (Fsp3) is 0.417. The lowest BCUT2D eigenvalue weighted by molar-refractivity contribution is 0.0536. The summed E-state index contributed by atoms with van der Waals surface area (Å²) < 4.78 is 15.6. The van der Waals surface area contributed by atoms with E-state index in [4.69, 9.17) is 4.98 Å². The lowest BCUT2D eigenvalue weighted by atomic mass is 10.1. The first-order valence-electron chi connectivity index (χ1n) is 11.0. The predicted octanol–water partition coefficient (Wildman–Crippen LogP) is 3.20. The zero-order valence-electron chi connectivity index (χ0n) is 18.6. The third kappa shape index (κ3) is 3.53. The number of carbonyl (C=O) groups is 2. The normalized spacial score (nSPS) is 16.6. The molecular formula is C24H26FN5O2. The zero-order valence-corrected chi connectivity index (χ0v) is 18.6. The second kappa shape index (κ2) is 7.69. The summed E-state index contributed by atoms with van der Waals surface area (Å²) in [5.74, 6) is -0.222. The van der Waals surface area contributed by atoms with Crippen molar-refractivity contribution in [3.05, 3.63) is 58.2 Å². The standard InChI is InChI=1S/C24H26FN5O2/c1-14-4-5-17(12-19(14)25)23(31)29-8-10-30(11-9-29)24(32)18-13-20(16-6-7-16)26-22-21(18)15(2)27-28(22)3/h4-5,12-13,16H,6-11H2,1-3H3. The minimum Gasteiger partial charge on any atom is -0.335 e. The van der Waals surface area contributed by atoms with Gasteiger partial charge in [-0.1, -0.05) is 6.07 Å². The van der Waals surface area contributed by atoms with Crippen molar-refractivity contribution >= 4 is 22.8 Å². The average Bonchev–Trinajstić information content (AvgIpc) is 3.60. The molecule has 1 saturated heterocycles. The van der Waals surface area contributed by atoms with Crippen molar-refractivity contribution in [2.24, 2.45) is 7.05 Å². The molecule has 5 rings (SSSR count). The minimum absolute atomic E-state index is 0.0520. The molecule has 2 aliphatic rings. The van der Waals surface area contributed by atoms with Gasteiger partial charge in [-0.25, -0.2) is 9.37 Å². The molecule has 1 saturated carbocycles. The van der Waals surface area contributed by atoms with Gasteiger partial charge in [0.2, 0.25) is 0 Å². The zero-order chi connectivity index (χ0) is 22.6. The summed E-state index contributed by atoms with van der Waals surface area (Å²) in [6.45, 7) is 5.25. The highest BCUT2D eigenvalue weighted by atomic mass is 19.1. The molecule has 0 N–H and O–H groups in total. The fourth-order valence-electron chi connectivity index (χ4n) is 4.41. The Balaban J connectivity index is 1.36. The van der Waals surface area contributed by atoms with E-state index in [1.807, 2.05) is 20.0 Å². The maximum Gasteiger partial charge on any atom is 0.254 e. The van der Waals surface area contributed by atoms with Crippen LogP contribution in [0, 0.1) is 19.7 Å². The summed E-state index contributed by atoms with van der Waals surface area (Å²) in [5, 5.41) is 5.28. The molecular weight excluding hydrogens is 409 g/mol. The Morgan fingerprint density at radius 3 is 2.28 bits per heavy atom. The third-order valence-corrected chi connectivity index (χ3v) is 6.49. The van der Waals surface area contributed by atoms with E-state index in [1.54, 1.807) is 33.5 Å². The van der Waals surface area contributed by atoms with E-state index >= 15 is 0 Å². The van der Waals surface area contributed by atoms with Crippen molar-refractivity contribution in [1.29, 1.82) is 0 Å². The molecule has 3 heterocycles. The minimum atomic E-state index is -0.385. The number of hydrogen-bond donors (Lipinski definition) is 0. The second-order valence-electron chi connectivity index (χ2n) is 8.82. The van der Waals surface area contributed by atoms with Gasteiger partial charge in [0.15, 0.2) is 5.65 Å². The van der Waals surface area contributed by atoms with E-state index in [0.29, 0.717) is 48.8 Å². The molecule has 3 aromatic rings. The van der Waals surface area contributed by atoms with Gasteiger partial charge in [-0.3, -0.25) is 14.3 Å². The van der Waals surface area contributed by atoms with E-state index in [-0.39, 0.29) is 17.6 Å². The molecule has 1 aliphatic heterocycles. The molecule has 7 nitrogen and oxygen atoms in total. The van der Waals surface area contributed by atoms with Crippen LogP contribution in [0.2, 0.25) is 0 Å². The van der Waals surface area contributed by atoms with Crippen LogP contribution in [-0.4, -0.2) is 62.6 Å². The molecule has 8 heteroatoms. The first-order valence-corrected chi connectivity index (χ1v) is 11.0. The highest BCUT2D eigenvalue weighted by molar-refractivity contribution is 6.06. The number of aryl methyl sites for hydroxylation is 3. The number of benzene rings is 1. The molecule has 0 unspecified atom stereocenters. The van der Waals surface area contributed by atoms with Gasteiger partial charge in [-0.15, -0.1) is 0 Å². The van der Waals surface area contributed by atoms with Crippen LogP contribution in [0.4, 0.5) is 4.39 Å². The highest BCUT2D eigenvalue weighted by Crippen LogP contribution is 2.40. The number of amides is 2. The third-order valence-electron chi connectivity index (χ3n) is 6.49. The summed E-state index contributed by atoms with van der Waals surface area (Å²) in [4.78, 5) is 34.5. The van der Waals surface area contributed by atoms with Crippen molar-refractivity contribution in [3.63, 3.8) is 0 Å². The Kier molecular flexibility index (Phi) is 4.95. The molecule has 0 spiro atoms. The SMILES string of the molecule is Cc1ccc(C(=O)N2CCN(C(=O)c3cc(C4CC4)nc4c3c(C)nn4C)CC2)cc1F. The average molecular weight is 436 g/mol. The van der Waals surface area contributed by atoms with E-state index in [2.05, 4.69) is 5.10 Å². The topological polar surface area (TPSA) is 71.3 Å². The van der Waals surface area contributed by atoms with Crippen molar-refractivity contribution in [1.82, 2.24) is 24.6 Å². The number of piperazine rings is 1. The van der Waals surface area contributed by atoms with Gasteiger partial charge in [0, 0.05) is 50.4 Å². The summed E-state index contributed by atoms with van der Waals surface area (Å²) in [5.41, 5.74) is 3.98. The Hall–Kier alpha value is -3.29. The number of fused-ring (bicyclic) bond motifs is 1. The van der Waals surface area contributed by atoms with Crippen LogP contribution in [0.15, 0.2) is 24.3 Å². The number of halogens is 1. The molecule has 166 valence electrons. The summed E-state index contributed by atoms with van der Waals surface area (Å²) in [6, 6.07) is 6.48. The van der Waals surface area contributed by atoms with Crippen molar-refractivity contribution in [2.75, 3.05) is 26.2 Å². The first-order chi connectivity index (χ1) is 15.3. The Labute approximate surface area is 185 Å². The molecule has 2 aromatic heterocycles. The van der Waals surface area contributed by atoms with Crippen LogP contribution in [-0.2, 0) is 7.05 Å². The number of pyridine rings is 1. The molecule has 1 aliphatic carbocycles. The van der Waals surface area contributed by atoms with E-state index in [9.17, 15) is 14.0 Å². The lowest BCUT2D eigenvalue weighted by Gasteiger charge is -2.35. The van der Waals surface area contributed by atoms with Crippen LogP contribution in [0.25, 0.3) is 11.0 Å². The molecule has 0 bridgehead atoms. The van der Waals surface area contributed by atoms with Crippen LogP contribution < -0.4 is 0 Å². The smallest absolute Gasteiger partial charge is 0.254 e. The first kappa shape index (κ1) is 20.6. The number of rotatable bonds is 3. The van der Waals surface area contributed by atoms with E-state index in [0.717, 1.165) is 35.3 Å². The highest BCUT2D eigenvalue weighted by Gasteiger charge is 2.31. The van der Waals surface area contributed by atoms with Crippen LogP contribution in [0.1, 0.15) is 56.4 Å². The van der Waals surface area contributed by atoms with Crippen LogP contribution in [0.3, 0.4) is 0 Å². The second-order valence-corrected chi connectivity index (χ2v) is 8.82. The van der Waals surface area contributed by atoms with Gasteiger partial charge < -0.3 is 9.80 Å². The lowest BCUT2D eigenvalue weighted by Crippen LogP contribution is -2.50. The van der Waals surface area contributed by atoms with Gasteiger partial charge in [0.05, 0.1) is 16.6 Å². The maximum atomic E-state index is 13.9. The monoisotopic (exact) mass is 435 g/mol. The maximum absolute atomic E-state index is 13.9. The van der Waals surface area contributed by atoms with Gasteiger partial charge in [0.1, 0.15) is 5.82 Å². The molecule has 0 radical (unpaired) electrons. The summed E-state index contributed by atoms with van der Waals surface area (Å²) in [6.07, 6.45) is 2.20. The molecule has 2 amide bonds. The Bertz CT molecular complexity index is 1240. The van der Waals surface area contributed by atoms with Gasteiger partial charge >= 0.3 is 0 Å². The number of aromatic nitrogens is 3. The van der Waals surface area contributed by atoms with Crippen LogP contribution in [0.5, 0.6) is 0 Å². The number of carbonyl (C=O) groups excluding carboxylic acids is 2. The van der Waals surface area contributed by atoms with E-state index < -0.39 is 0 Å². The summed E-state index contributed by atoms with van der Waals surface area (Å²) in [7, 11) is 1.85. The van der Waals surface area contributed by atoms with Gasteiger partial charge in [-0.2, -0.15) is 5.10 Å². The van der Waals surface area contributed by atoms with Crippen molar-refractivity contribution < 1.29 is 14.0 Å².